The average molecular weight is 277 g/mol. The van der Waals surface area contributed by atoms with Crippen molar-refractivity contribution in [1.82, 2.24) is 4.98 Å². The standard InChI is InChI=1S/C12H15N.C3H8.2C2H6/c1-8-9-4-2-6-11(9)13-12-7-3-5-10(8)12;1-3-2;2*1-2/h2-7H2,1H3;3H2,1-2H3;2*1-2H3. The summed E-state index contributed by atoms with van der Waals surface area (Å²) in [4.78, 5) is 4.79. The molecule has 0 fully saturated rings. The fraction of sp³-hybridized carbons (Fsp3) is 0.737. The van der Waals surface area contributed by atoms with Crippen molar-refractivity contribution in [2.75, 3.05) is 0 Å². The van der Waals surface area contributed by atoms with E-state index in [1.165, 1.54) is 56.3 Å². The summed E-state index contributed by atoms with van der Waals surface area (Å²) in [7, 11) is 0. The monoisotopic (exact) mass is 277 g/mol. The second-order valence-electron chi connectivity index (χ2n) is 5.00. The molecule has 2 aliphatic carbocycles. The number of hydrogen-bond donors (Lipinski definition) is 0. The van der Waals surface area contributed by atoms with Crippen molar-refractivity contribution in [2.45, 2.75) is 93.4 Å². The largest absolute Gasteiger partial charge is 0.257 e. The van der Waals surface area contributed by atoms with Crippen LogP contribution in [0.5, 0.6) is 0 Å². The second-order valence-corrected chi connectivity index (χ2v) is 5.00. The number of hydrogen-bond acceptors (Lipinski definition) is 1. The molecular formula is C19H35N. The third-order valence-corrected chi connectivity index (χ3v) is 3.55. The van der Waals surface area contributed by atoms with Gasteiger partial charge in [-0.1, -0.05) is 48.0 Å². The molecule has 2 aliphatic rings. The predicted octanol–water partition coefficient (Wildman–Crippen LogP) is 5.84. The van der Waals surface area contributed by atoms with Gasteiger partial charge in [0.1, 0.15) is 0 Å². The minimum atomic E-state index is 1.23. The Bertz CT molecular complexity index is 348. The van der Waals surface area contributed by atoms with Crippen LogP contribution in [0.2, 0.25) is 0 Å². The van der Waals surface area contributed by atoms with Gasteiger partial charge >= 0.3 is 0 Å². The molecule has 3 rings (SSSR count). The summed E-state index contributed by atoms with van der Waals surface area (Å²) < 4.78 is 0. The summed E-state index contributed by atoms with van der Waals surface area (Å²) >= 11 is 0. The lowest BCUT2D eigenvalue weighted by Crippen LogP contribution is -2.00. The van der Waals surface area contributed by atoms with E-state index in [0.717, 1.165) is 0 Å². The first-order chi connectivity index (χ1) is 9.77. The first kappa shape index (κ1) is 19.1. The summed E-state index contributed by atoms with van der Waals surface area (Å²) in [5.74, 6) is 0. The van der Waals surface area contributed by atoms with Gasteiger partial charge in [-0.3, -0.25) is 4.98 Å². The van der Waals surface area contributed by atoms with E-state index in [1.54, 1.807) is 16.7 Å². The number of aryl methyl sites for hydroxylation is 2. The number of aromatic nitrogens is 1. The van der Waals surface area contributed by atoms with Crippen LogP contribution in [0, 0.1) is 6.92 Å². The van der Waals surface area contributed by atoms with Crippen LogP contribution in [0.3, 0.4) is 0 Å². The zero-order chi connectivity index (χ0) is 15.5. The summed E-state index contributed by atoms with van der Waals surface area (Å²) in [5, 5.41) is 0. The zero-order valence-corrected chi connectivity index (χ0v) is 14.9. The lowest BCUT2D eigenvalue weighted by molar-refractivity contribution is 0.871. The van der Waals surface area contributed by atoms with Crippen LogP contribution in [0.25, 0.3) is 0 Å². The van der Waals surface area contributed by atoms with Gasteiger partial charge in [-0.25, -0.2) is 0 Å². The third-order valence-electron chi connectivity index (χ3n) is 3.55. The highest BCUT2D eigenvalue weighted by Crippen LogP contribution is 2.31. The Morgan fingerprint density at radius 2 is 1.10 bits per heavy atom. The Labute approximate surface area is 127 Å². The fourth-order valence-electron chi connectivity index (χ4n) is 2.86. The van der Waals surface area contributed by atoms with Gasteiger partial charge in [-0.05, 0) is 62.1 Å². The van der Waals surface area contributed by atoms with Gasteiger partial charge in [0.2, 0.25) is 0 Å². The molecule has 116 valence electrons. The molecule has 0 saturated carbocycles. The van der Waals surface area contributed by atoms with E-state index >= 15 is 0 Å². The van der Waals surface area contributed by atoms with Crippen LogP contribution >= 0.6 is 0 Å². The smallest absolute Gasteiger partial charge is 0.0441 e. The molecule has 0 saturated heterocycles. The van der Waals surface area contributed by atoms with Crippen molar-refractivity contribution in [1.29, 1.82) is 0 Å². The van der Waals surface area contributed by atoms with Crippen LogP contribution in [0.4, 0.5) is 0 Å². The molecule has 0 bridgehead atoms. The van der Waals surface area contributed by atoms with Crippen LogP contribution in [-0.4, -0.2) is 4.98 Å². The lowest BCUT2D eigenvalue weighted by Gasteiger charge is -2.09. The van der Waals surface area contributed by atoms with E-state index in [1.807, 2.05) is 27.7 Å². The molecule has 20 heavy (non-hydrogen) atoms. The van der Waals surface area contributed by atoms with E-state index < -0.39 is 0 Å². The predicted molar refractivity (Wildman–Crippen MR) is 91.7 cm³/mol. The lowest BCUT2D eigenvalue weighted by atomic mass is 10.0. The Morgan fingerprint density at radius 3 is 1.45 bits per heavy atom. The summed E-state index contributed by atoms with van der Waals surface area (Å²) in [6.07, 6.45) is 8.91. The second kappa shape index (κ2) is 10.9. The van der Waals surface area contributed by atoms with E-state index in [4.69, 9.17) is 4.98 Å². The maximum absolute atomic E-state index is 4.79. The van der Waals surface area contributed by atoms with E-state index in [-0.39, 0.29) is 0 Å². The van der Waals surface area contributed by atoms with Gasteiger partial charge in [0.05, 0.1) is 0 Å². The minimum absolute atomic E-state index is 1.23. The van der Waals surface area contributed by atoms with Crippen molar-refractivity contribution in [3.05, 3.63) is 28.1 Å². The third kappa shape index (κ3) is 4.61. The first-order valence-electron chi connectivity index (χ1n) is 8.78. The molecule has 0 N–H and O–H groups in total. The van der Waals surface area contributed by atoms with Gasteiger partial charge in [0.25, 0.3) is 0 Å². The van der Waals surface area contributed by atoms with Gasteiger partial charge in [0, 0.05) is 11.4 Å². The Hall–Kier alpha value is -0.850. The number of fused-ring (bicyclic) bond motifs is 2. The molecule has 0 amide bonds. The van der Waals surface area contributed by atoms with E-state index in [0.29, 0.717) is 0 Å². The molecule has 0 aromatic carbocycles. The zero-order valence-electron chi connectivity index (χ0n) is 14.9. The molecular weight excluding hydrogens is 242 g/mol. The minimum Gasteiger partial charge on any atom is -0.257 e. The molecule has 1 nitrogen and oxygen atoms in total. The van der Waals surface area contributed by atoms with Crippen LogP contribution in [0.1, 0.15) is 88.9 Å². The van der Waals surface area contributed by atoms with Crippen LogP contribution < -0.4 is 0 Å². The highest BCUT2D eigenvalue weighted by molar-refractivity contribution is 5.43. The van der Waals surface area contributed by atoms with Crippen molar-refractivity contribution >= 4 is 0 Å². The topological polar surface area (TPSA) is 12.9 Å². The fourth-order valence-corrected chi connectivity index (χ4v) is 2.86. The Balaban J connectivity index is 0.000000451. The molecule has 0 atom stereocenters. The Kier molecular flexibility index (Phi) is 10.4. The molecule has 0 unspecified atom stereocenters. The molecule has 0 radical (unpaired) electrons. The van der Waals surface area contributed by atoms with Crippen molar-refractivity contribution in [3.63, 3.8) is 0 Å². The van der Waals surface area contributed by atoms with Gasteiger partial charge in [0.15, 0.2) is 0 Å². The van der Waals surface area contributed by atoms with Gasteiger partial charge < -0.3 is 0 Å². The molecule has 1 heterocycles. The molecule has 0 spiro atoms. The van der Waals surface area contributed by atoms with Crippen LogP contribution in [-0.2, 0) is 25.7 Å². The molecule has 1 aromatic heterocycles. The SMILES string of the molecule is CC.CC.CCC.Cc1c2c(nc3c1CCC3)CCC2. The number of rotatable bonds is 0. The highest BCUT2D eigenvalue weighted by Gasteiger charge is 2.22. The van der Waals surface area contributed by atoms with Crippen LogP contribution in [0.15, 0.2) is 0 Å². The molecule has 1 aromatic rings. The van der Waals surface area contributed by atoms with Crippen molar-refractivity contribution < 1.29 is 0 Å². The van der Waals surface area contributed by atoms with E-state index in [2.05, 4.69) is 20.8 Å². The molecule has 1 heteroatoms. The maximum Gasteiger partial charge on any atom is 0.0441 e. The average Bonchev–Trinajstić information content (AvgIpc) is 3.13. The maximum atomic E-state index is 4.79. The summed E-state index contributed by atoms with van der Waals surface area (Å²) in [6, 6.07) is 0. The summed E-state index contributed by atoms with van der Waals surface area (Å²) in [5.41, 5.74) is 7.58. The number of nitrogens with zero attached hydrogens (tertiary/aromatic N) is 1. The van der Waals surface area contributed by atoms with Crippen molar-refractivity contribution in [2.24, 2.45) is 0 Å². The van der Waals surface area contributed by atoms with E-state index in [9.17, 15) is 0 Å². The molecule has 0 aliphatic heterocycles. The van der Waals surface area contributed by atoms with Gasteiger partial charge in [-0.2, -0.15) is 0 Å². The highest BCUT2D eigenvalue weighted by atomic mass is 14.7. The Morgan fingerprint density at radius 1 is 0.750 bits per heavy atom. The van der Waals surface area contributed by atoms with Gasteiger partial charge in [-0.15, -0.1) is 0 Å². The number of pyridine rings is 1. The first-order valence-corrected chi connectivity index (χ1v) is 8.78. The quantitative estimate of drug-likeness (QED) is 0.581. The summed E-state index contributed by atoms with van der Waals surface area (Å²) in [6.45, 7) is 14.6. The normalized spacial score (nSPS) is 13.8. The van der Waals surface area contributed by atoms with Crippen molar-refractivity contribution in [3.8, 4) is 0 Å².